The maximum atomic E-state index is 11.8. The second kappa shape index (κ2) is 20.2. The Kier molecular flexibility index (Phi) is 18.1. The van der Waals surface area contributed by atoms with Gasteiger partial charge in [-0.05, 0) is 44.9 Å². The number of rotatable bonds is 18. The molecule has 1 saturated heterocycles. The van der Waals surface area contributed by atoms with Crippen LogP contribution < -0.4 is 0 Å². The molecular formula is C27H44O9. The zero-order chi connectivity index (χ0) is 26.6. The van der Waals surface area contributed by atoms with Crippen molar-refractivity contribution in [1.82, 2.24) is 0 Å². The van der Waals surface area contributed by atoms with Crippen molar-refractivity contribution >= 4 is 5.97 Å². The molecule has 5 N–H and O–H groups in total. The van der Waals surface area contributed by atoms with E-state index in [1.807, 2.05) is 0 Å². The normalized spacial score (nSPS) is 26.0. The number of hydrogen-bond donors (Lipinski definition) is 5. The van der Waals surface area contributed by atoms with Gasteiger partial charge in [-0.2, -0.15) is 0 Å². The number of carbonyl (C=O) groups excluding carboxylic acids is 1. The fourth-order valence-corrected chi connectivity index (χ4v) is 3.35. The van der Waals surface area contributed by atoms with Gasteiger partial charge in [0, 0.05) is 6.42 Å². The molecule has 206 valence electrons. The van der Waals surface area contributed by atoms with E-state index in [4.69, 9.17) is 19.3 Å². The molecule has 0 bridgehead atoms. The van der Waals surface area contributed by atoms with Crippen molar-refractivity contribution in [3.8, 4) is 0 Å². The van der Waals surface area contributed by atoms with Gasteiger partial charge in [0.05, 0.1) is 13.2 Å². The molecule has 1 aliphatic heterocycles. The molecule has 1 heterocycles. The second-order valence-corrected chi connectivity index (χ2v) is 8.61. The first-order valence-corrected chi connectivity index (χ1v) is 12.8. The molecule has 0 aromatic rings. The van der Waals surface area contributed by atoms with Crippen molar-refractivity contribution in [2.75, 3.05) is 19.8 Å². The molecule has 1 rings (SSSR count). The quantitative estimate of drug-likeness (QED) is 0.106. The number of unbranched alkanes of at least 4 members (excludes halogenated alkanes) is 2. The SMILES string of the molecule is CCC=CCC=CCC=CCC=CCCCCC(=O)OCC(O)COC1OC(CO)C(O)C(O)C1O. The maximum Gasteiger partial charge on any atom is 0.305 e. The summed E-state index contributed by atoms with van der Waals surface area (Å²) >= 11 is 0. The van der Waals surface area contributed by atoms with E-state index in [0.29, 0.717) is 6.42 Å². The van der Waals surface area contributed by atoms with Crippen molar-refractivity contribution in [1.29, 1.82) is 0 Å². The molecule has 0 amide bonds. The van der Waals surface area contributed by atoms with Gasteiger partial charge in [-0.15, -0.1) is 0 Å². The van der Waals surface area contributed by atoms with Crippen LogP contribution in [0.15, 0.2) is 48.6 Å². The first-order valence-electron chi connectivity index (χ1n) is 12.8. The number of hydrogen-bond acceptors (Lipinski definition) is 9. The Morgan fingerprint density at radius 3 is 2.08 bits per heavy atom. The standard InChI is InChI=1S/C27H44O9/c1-2-3-4-5-6-7-8-9-10-11-12-13-14-15-16-17-23(30)34-19-21(29)20-35-27-26(33)25(32)24(31)22(18-28)36-27/h3-4,6-7,9-10,12-13,21-22,24-29,31-33H,2,5,8,11,14-20H2,1H3. The van der Waals surface area contributed by atoms with Crippen molar-refractivity contribution in [2.45, 2.75) is 95.1 Å². The van der Waals surface area contributed by atoms with Gasteiger partial charge in [0.25, 0.3) is 0 Å². The summed E-state index contributed by atoms with van der Waals surface area (Å²) in [5.74, 6) is -0.424. The van der Waals surface area contributed by atoms with Gasteiger partial charge in [-0.25, -0.2) is 0 Å². The maximum absolute atomic E-state index is 11.8. The first kappa shape index (κ1) is 32.2. The average molecular weight is 513 g/mol. The number of carbonyl (C=O) groups is 1. The van der Waals surface area contributed by atoms with E-state index >= 15 is 0 Å². The van der Waals surface area contributed by atoms with Crippen LogP contribution in [0.2, 0.25) is 0 Å². The van der Waals surface area contributed by atoms with Gasteiger partial charge in [-0.1, -0.05) is 55.5 Å². The van der Waals surface area contributed by atoms with Gasteiger partial charge in [-0.3, -0.25) is 4.79 Å². The third kappa shape index (κ3) is 14.0. The Balaban J connectivity index is 2.06. The molecule has 0 saturated carbocycles. The number of ether oxygens (including phenoxy) is 3. The molecule has 6 atom stereocenters. The van der Waals surface area contributed by atoms with Gasteiger partial charge in [0.1, 0.15) is 37.1 Å². The van der Waals surface area contributed by atoms with Crippen molar-refractivity contribution < 1.29 is 44.5 Å². The fourth-order valence-electron chi connectivity index (χ4n) is 3.35. The number of aliphatic hydroxyl groups excluding tert-OH is 5. The highest BCUT2D eigenvalue weighted by atomic mass is 16.7. The Morgan fingerprint density at radius 1 is 0.861 bits per heavy atom. The lowest BCUT2D eigenvalue weighted by Gasteiger charge is -2.39. The first-order chi connectivity index (χ1) is 17.4. The Bertz CT molecular complexity index is 687. The minimum absolute atomic E-state index is 0.244. The molecule has 0 radical (unpaired) electrons. The Hall–Kier alpha value is -1.85. The Morgan fingerprint density at radius 2 is 1.47 bits per heavy atom. The van der Waals surface area contributed by atoms with Gasteiger partial charge >= 0.3 is 5.97 Å². The molecule has 0 aromatic carbocycles. The van der Waals surface area contributed by atoms with Crippen LogP contribution >= 0.6 is 0 Å². The second-order valence-electron chi connectivity index (χ2n) is 8.61. The van der Waals surface area contributed by atoms with Gasteiger partial charge < -0.3 is 39.7 Å². The molecule has 1 aliphatic rings. The summed E-state index contributed by atoms with van der Waals surface area (Å²) in [4.78, 5) is 11.8. The summed E-state index contributed by atoms with van der Waals surface area (Å²) < 4.78 is 15.4. The highest BCUT2D eigenvalue weighted by Gasteiger charge is 2.44. The molecule has 1 fully saturated rings. The minimum atomic E-state index is -1.56. The predicted octanol–water partition coefficient (Wildman–Crippen LogP) is 2.07. The van der Waals surface area contributed by atoms with Crippen LogP contribution in [0.5, 0.6) is 0 Å². The molecule has 9 nitrogen and oxygen atoms in total. The topological polar surface area (TPSA) is 146 Å². The van der Waals surface area contributed by atoms with Crippen molar-refractivity contribution in [3.05, 3.63) is 48.6 Å². The van der Waals surface area contributed by atoms with E-state index in [-0.39, 0.29) is 19.6 Å². The minimum Gasteiger partial charge on any atom is -0.463 e. The lowest BCUT2D eigenvalue weighted by atomic mass is 9.99. The van der Waals surface area contributed by atoms with Crippen LogP contribution in [0.4, 0.5) is 0 Å². The van der Waals surface area contributed by atoms with Crippen LogP contribution in [0.1, 0.15) is 58.3 Å². The zero-order valence-corrected chi connectivity index (χ0v) is 21.2. The van der Waals surface area contributed by atoms with Crippen LogP contribution in [-0.4, -0.2) is 88.1 Å². The molecule has 0 spiro atoms. The lowest BCUT2D eigenvalue weighted by molar-refractivity contribution is -0.305. The Labute approximate surface area is 214 Å². The summed E-state index contributed by atoms with van der Waals surface area (Å²) in [6, 6.07) is 0. The predicted molar refractivity (Wildman–Crippen MR) is 136 cm³/mol. The van der Waals surface area contributed by atoms with Crippen molar-refractivity contribution in [3.63, 3.8) is 0 Å². The summed E-state index contributed by atoms with van der Waals surface area (Å²) in [5, 5.41) is 48.5. The highest BCUT2D eigenvalue weighted by molar-refractivity contribution is 5.69. The van der Waals surface area contributed by atoms with E-state index in [1.54, 1.807) is 0 Å². The monoisotopic (exact) mass is 512 g/mol. The van der Waals surface area contributed by atoms with Crippen LogP contribution in [0.25, 0.3) is 0 Å². The summed E-state index contributed by atoms with van der Waals surface area (Å²) in [5.41, 5.74) is 0. The van der Waals surface area contributed by atoms with E-state index in [1.165, 1.54) is 0 Å². The summed E-state index contributed by atoms with van der Waals surface area (Å²) in [7, 11) is 0. The summed E-state index contributed by atoms with van der Waals surface area (Å²) in [6.07, 6.45) is 15.4. The third-order valence-electron chi connectivity index (χ3n) is 5.46. The highest BCUT2D eigenvalue weighted by Crippen LogP contribution is 2.22. The van der Waals surface area contributed by atoms with Gasteiger partial charge in [0.2, 0.25) is 0 Å². The summed E-state index contributed by atoms with van der Waals surface area (Å²) in [6.45, 7) is 0.931. The van der Waals surface area contributed by atoms with E-state index < -0.39 is 49.4 Å². The molecule has 0 aliphatic carbocycles. The lowest BCUT2D eigenvalue weighted by Crippen LogP contribution is -2.59. The van der Waals surface area contributed by atoms with E-state index in [0.717, 1.165) is 38.5 Å². The van der Waals surface area contributed by atoms with E-state index in [9.17, 15) is 25.2 Å². The van der Waals surface area contributed by atoms with Crippen LogP contribution in [0, 0.1) is 0 Å². The molecular weight excluding hydrogens is 468 g/mol. The zero-order valence-electron chi connectivity index (χ0n) is 21.2. The number of allylic oxidation sites excluding steroid dienone is 8. The molecule has 36 heavy (non-hydrogen) atoms. The smallest absolute Gasteiger partial charge is 0.305 e. The fraction of sp³-hybridized carbons (Fsp3) is 0.667. The molecule has 9 heteroatoms. The van der Waals surface area contributed by atoms with Crippen LogP contribution in [-0.2, 0) is 19.0 Å². The average Bonchev–Trinajstić information content (AvgIpc) is 2.88. The van der Waals surface area contributed by atoms with Gasteiger partial charge in [0.15, 0.2) is 6.29 Å². The van der Waals surface area contributed by atoms with Crippen molar-refractivity contribution in [2.24, 2.45) is 0 Å². The van der Waals surface area contributed by atoms with E-state index in [2.05, 4.69) is 55.5 Å². The largest absolute Gasteiger partial charge is 0.463 e. The number of aliphatic hydroxyl groups is 5. The van der Waals surface area contributed by atoms with Crippen LogP contribution in [0.3, 0.4) is 0 Å². The number of esters is 1. The molecule has 0 aromatic heterocycles. The third-order valence-corrected chi connectivity index (χ3v) is 5.46. The molecule has 6 unspecified atom stereocenters.